The average Bonchev–Trinajstić information content (AvgIpc) is 2.52. The molecule has 0 heterocycles. The van der Waals surface area contributed by atoms with E-state index in [0.717, 1.165) is 0 Å². The molecule has 0 aromatic heterocycles. The fourth-order valence-electron chi connectivity index (χ4n) is 2.54. The molecule has 1 aromatic rings. The number of aliphatic carboxylic acids is 1. The smallest absolute Gasteiger partial charge is 0.330 e. The van der Waals surface area contributed by atoms with Gasteiger partial charge in [0, 0.05) is 17.5 Å². The van der Waals surface area contributed by atoms with Crippen molar-refractivity contribution in [2.45, 2.75) is 12.0 Å². The molecule has 0 bridgehead atoms. The number of carboxylic acid groups (broad SMARTS) is 1. The van der Waals surface area contributed by atoms with Crippen LogP contribution in [0, 0.1) is 0 Å². The molecule has 0 fully saturated rings. The summed E-state index contributed by atoms with van der Waals surface area (Å²) in [7, 11) is 0. The second kappa shape index (κ2) is 5.55. The Labute approximate surface area is 120 Å². The number of fused-ring (bicyclic) bond motifs is 1. The lowest BCUT2D eigenvalue weighted by molar-refractivity contribution is -0.145. The van der Waals surface area contributed by atoms with Gasteiger partial charge in [0.25, 0.3) is 0 Å². The summed E-state index contributed by atoms with van der Waals surface area (Å²) in [5.74, 6) is 20.9. The maximum Gasteiger partial charge on any atom is 0.330 e. The van der Waals surface area contributed by atoms with Crippen LogP contribution in [-0.4, -0.2) is 11.1 Å². The molecule has 10 heteroatoms. The zero-order chi connectivity index (χ0) is 15.6. The maximum atomic E-state index is 11.8. The van der Waals surface area contributed by atoms with E-state index in [0.29, 0.717) is 28.2 Å². The summed E-state index contributed by atoms with van der Waals surface area (Å²) in [6, 6.07) is 3.25. The third kappa shape index (κ3) is 2.07. The molecule has 21 heavy (non-hydrogen) atoms. The van der Waals surface area contributed by atoms with E-state index in [1.54, 1.807) is 18.2 Å². The second-order valence-corrected chi connectivity index (χ2v) is 4.52. The normalized spacial score (nSPS) is 20.3. The van der Waals surface area contributed by atoms with Gasteiger partial charge in [-0.15, -0.1) is 0 Å². The molecule has 13 N–H and O–H groups in total. The van der Waals surface area contributed by atoms with Crippen molar-refractivity contribution >= 4 is 23.0 Å². The summed E-state index contributed by atoms with van der Waals surface area (Å²) in [5, 5.41) is 9.63. The minimum Gasteiger partial charge on any atom is -0.480 e. The third-order valence-corrected chi connectivity index (χ3v) is 3.59. The molecule has 0 saturated heterocycles. The van der Waals surface area contributed by atoms with Crippen LogP contribution in [0.3, 0.4) is 0 Å². The first-order valence-corrected chi connectivity index (χ1v) is 6.04. The molecule has 1 aromatic carbocycles. The van der Waals surface area contributed by atoms with Crippen molar-refractivity contribution in [3.05, 3.63) is 29.3 Å². The molecule has 1 atom stereocenters. The van der Waals surface area contributed by atoms with Gasteiger partial charge in [0.1, 0.15) is 0 Å². The summed E-state index contributed by atoms with van der Waals surface area (Å²) >= 11 is 0. The number of nitrogen functional groups attached to an aromatic ring is 2. The van der Waals surface area contributed by atoms with Gasteiger partial charge in [0.2, 0.25) is 0 Å². The van der Waals surface area contributed by atoms with Crippen molar-refractivity contribution in [3.8, 4) is 0 Å². The van der Waals surface area contributed by atoms with Crippen LogP contribution in [0.4, 0.5) is 11.4 Å². The molecule has 114 valence electrons. The van der Waals surface area contributed by atoms with E-state index in [4.69, 9.17) is 23.4 Å². The first-order valence-electron chi connectivity index (χ1n) is 6.04. The Kier molecular flexibility index (Phi) is 3.97. The van der Waals surface area contributed by atoms with E-state index in [1.165, 1.54) is 0 Å². The summed E-state index contributed by atoms with van der Waals surface area (Å²) in [6.07, 6.45) is 1.70. The second-order valence-electron chi connectivity index (χ2n) is 4.52. The summed E-state index contributed by atoms with van der Waals surface area (Å²) in [6.45, 7) is 0. The molecular formula is C11H18N8O2. The molecule has 0 aliphatic heterocycles. The highest BCUT2D eigenvalue weighted by molar-refractivity contribution is 5.93. The molecule has 0 spiro atoms. The maximum absolute atomic E-state index is 11.8. The number of hydrazine groups is 4. The molecular weight excluding hydrogens is 276 g/mol. The number of carboxylic acids is 1. The van der Waals surface area contributed by atoms with E-state index in [-0.39, 0.29) is 6.42 Å². The molecule has 2 rings (SSSR count). The molecule has 0 radical (unpaired) electrons. The predicted molar refractivity (Wildman–Crippen MR) is 78.6 cm³/mol. The fraction of sp³-hybridized carbons (Fsp3) is 0.182. The van der Waals surface area contributed by atoms with Gasteiger partial charge in [-0.2, -0.15) is 0 Å². The van der Waals surface area contributed by atoms with Crippen LogP contribution in [0.25, 0.3) is 5.70 Å². The fourth-order valence-corrected chi connectivity index (χ4v) is 2.54. The molecule has 1 unspecified atom stereocenters. The number of nitrogens with two attached hydrogens (primary N) is 4. The number of rotatable bonds is 5. The molecule has 1 aliphatic rings. The Morgan fingerprint density at radius 3 is 2.19 bits per heavy atom. The van der Waals surface area contributed by atoms with Crippen molar-refractivity contribution < 1.29 is 9.90 Å². The van der Waals surface area contributed by atoms with Crippen LogP contribution in [-0.2, 0) is 10.3 Å². The Morgan fingerprint density at radius 2 is 1.71 bits per heavy atom. The van der Waals surface area contributed by atoms with Crippen molar-refractivity contribution in [1.82, 2.24) is 10.9 Å². The minimum atomic E-state index is -1.55. The van der Waals surface area contributed by atoms with Gasteiger partial charge in [-0.25, -0.2) is 10.2 Å². The number of hydrogen-bond donors (Lipinski definition) is 9. The highest BCUT2D eigenvalue weighted by atomic mass is 16.4. The van der Waals surface area contributed by atoms with Crippen molar-refractivity contribution in [3.63, 3.8) is 0 Å². The number of hydrogen-bond acceptors (Lipinski definition) is 9. The van der Waals surface area contributed by atoms with Gasteiger partial charge in [-0.05, 0) is 12.1 Å². The van der Waals surface area contributed by atoms with Crippen LogP contribution in [0.1, 0.15) is 17.5 Å². The Hall–Kier alpha value is -2.37. The van der Waals surface area contributed by atoms with Crippen LogP contribution in [0.15, 0.2) is 18.2 Å². The number of carbonyl (C=O) groups is 1. The molecule has 1 aliphatic carbocycles. The molecule has 0 amide bonds. The highest BCUT2D eigenvalue weighted by Crippen LogP contribution is 2.43. The zero-order valence-electron chi connectivity index (χ0n) is 11.1. The third-order valence-electron chi connectivity index (χ3n) is 3.59. The van der Waals surface area contributed by atoms with Gasteiger partial charge >= 0.3 is 5.97 Å². The van der Waals surface area contributed by atoms with Crippen LogP contribution < -0.4 is 45.1 Å². The van der Waals surface area contributed by atoms with Crippen molar-refractivity contribution in [1.29, 1.82) is 0 Å². The van der Waals surface area contributed by atoms with Gasteiger partial charge in [-0.3, -0.25) is 23.4 Å². The van der Waals surface area contributed by atoms with E-state index >= 15 is 0 Å². The van der Waals surface area contributed by atoms with Crippen LogP contribution in [0.5, 0.6) is 0 Å². The van der Waals surface area contributed by atoms with E-state index in [1.807, 2.05) is 0 Å². The standard InChI is InChI=1S/C11H18N8O2/c12-16-5-1-2-7(18-14)9-8(5)6(17-13)3-4-11(9,19-15)10(20)21/h1-3,16-19H,4,12-15H2,(H,20,21). The van der Waals surface area contributed by atoms with E-state index < -0.39 is 11.5 Å². The number of benzene rings is 1. The van der Waals surface area contributed by atoms with Gasteiger partial charge in [-0.1, -0.05) is 6.08 Å². The van der Waals surface area contributed by atoms with Gasteiger partial charge in [0.15, 0.2) is 5.54 Å². The topological polar surface area (TPSA) is 190 Å². The number of anilines is 2. The van der Waals surface area contributed by atoms with E-state index in [9.17, 15) is 9.90 Å². The lowest BCUT2D eigenvalue weighted by Gasteiger charge is -2.36. The lowest BCUT2D eigenvalue weighted by atomic mass is 9.77. The summed E-state index contributed by atoms with van der Waals surface area (Å²) < 4.78 is 0. The summed E-state index contributed by atoms with van der Waals surface area (Å²) in [4.78, 5) is 11.8. The lowest BCUT2D eigenvalue weighted by Crippen LogP contribution is -2.54. The monoisotopic (exact) mass is 294 g/mol. The van der Waals surface area contributed by atoms with Crippen molar-refractivity contribution in [2.24, 2.45) is 23.4 Å². The van der Waals surface area contributed by atoms with Crippen LogP contribution in [0.2, 0.25) is 0 Å². The SMILES string of the molecule is NNC1=CCC(NN)(C(=O)O)c2c(NN)ccc(NN)c21. The van der Waals surface area contributed by atoms with Gasteiger partial charge in [0.05, 0.1) is 17.1 Å². The Balaban J connectivity index is 2.86. The van der Waals surface area contributed by atoms with Crippen LogP contribution >= 0.6 is 0 Å². The first kappa shape index (κ1) is 15.0. The quantitative estimate of drug-likeness (QED) is 0.221. The molecule has 0 saturated carbocycles. The largest absolute Gasteiger partial charge is 0.480 e. The molecule has 10 nitrogen and oxygen atoms in total. The van der Waals surface area contributed by atoms with E-state index in [2.05, 4.69) is 21.7 Å². The first-order chi connectivity index (χ1) is 10.1. The van der Waals surface area contributed by atoms with Crippen molar-refractivity contribution in [2.75, 3.05) is 10.9 Å². The van der Waals surface area contributed by atoms with Gasteiger partial charge < -0.3 is 21.4 Å². The Morgan fingerprint density at radius 1 is 1.10 bits per heavy atom. The minimum absolute atomic E-state index is 0.0775. The summed E-state index contributed by atoms with van der Waals surface area (Å²) in [5.41, 5.74) is 10.5. The zero-order valence-corrected chi connectivity index (χ0v) is 11.1. The average molecular weight is 294 g/mol. The predicted octanol–water partition coefficient (Wildman–Crippen LogP) is -1.79. The highest BCUT2D eigenvalue weighted by Gasteiger charge is 2.45. The Bertz CT molecular complexity index is 602. The number of nitrogens with one attached hydrogen (secondary N) is 4.